The monoisotopic (exact) mass is 173 g/mol. The zero-order chi connectivity index (χ0) is 4.41. The van der Waals surface area contributed by atoms with E-state index in [0.717, 1.165) is 13.0 Å². The number of hydrogen-bond donors (Lipinski definition) is 0. The van der Waals surface area contributed by atoms with E-state index >= 15 is 0 Å². The summed E-state index contributed by atoms with van der Waals surface area (Å²) in [7, 11) is 0. The molecule has 1 aliphatic rings. The summed E-state index contributed by atoms with van der Waals surface area (Å²) in [6.07, 6.45) is 1.65. The van der Waals surface area contributed by atoms with Crippen LogP contribution in [-0.4, -0.2) is 12.5 Å². The minimum Gasteiger partial charge on any atom is -0.653 e. The molecule has 2 nitrogen and oxygen atoms in total. The molecule has 0 N–H and O–H groups in total. The van der Waals surface area contributed by atoms with E-state index in [-0.39, 0.29) is 38.6 Å². The van der Waals surface area contributed by atoms with E-state index in [0.29, 0.717) is 6.42 Å². The fourth-order valence-corrected chi connectivity index (χ4v) is 0.513. The Balaban J connectivity index is 0.000000360. The first-order valence-corrected chi connectivity index (χ1v) is 2.10. The molecule has 37 valence electrons. The van der Waals surface area contributed by atoms with Crippen molar-refractivity contribution in [2.45, 2.75) is 12.8 Å². The summed E-state index contributed by atoms with van der Waals surface area (Å²) >= 11 is 0. The number of hydrogen-bond acceptors (Lipinski definition) is 1. The SMILES string of the molecule is O=C1CCC[N-]1.[Y]. The first kappa shape index (κ1) is 7.57. The van der Waals surface area contributed by atoms with E-state index in [2.05, 4.69) is 5.32 Å². The third-order valence-electron chi connectivity index (χ3n) is 0.837. The molecule has 1 heterocycles. The van der Waals surface area contributed by atoms with Crippen molar-refractivity contribution < 1.29 is 37.5 Å². The normalized spacial score (nSPS) is 18.0. The molecule has 0 aromatic rings. The largest absolute Gasteiger partial charge is 0.653 e. The van der Waals surface area contributed by atoms with Crippen LogP contribution in [0.1, 0.15) is 12.8 Å². The van der Waals surface area contributed by atoms with E-state index in [1.165, 1.54) is 0 Å². The quantitative estimate of drug-likeness (QED) is 0.529. The fraction of sp³-hybridized carbons (Fsp3) is 0.750. The Hall–Kier alpha value is 0.574. The van der Waals surface area contributed by atoms with Crippen LogP contribution in [0.3, 0.4) is 0 Å². The van der Waals surface area contributed by atoms with Gasteiger partial charge in [0.25, 0.3) is 0 Å². The number of amides is 1. The summed E-state index contributed by atoms with van der Waals surface area (Å²) in [4.78, 5) is 10.1. The zero-order valence-electron chi connectivity index (χ0n) is 4.05. The van der Waals surface area contributed by atoms with Crippen molar-refractivity contribution in [1.82, 2.24) is 0 Å². The van der Waals surface area contributed by atoms with Crippen molar-refractivity contribution >= 4 is 5.91 Å². The second-order valence-corrected chi connectivity index (χ2v) is 1.38. The van der Waals surface area contributed by atoms with E-state index in [1.807, 2.05) is 0 Å². The van der Waals surface area contributed by atoms with Crippen molar-refractivity contribution in [2.24, 2.45) is 0 Å². The molecule has 7 heavy (non-hydrogen) atoms. The van der Waals surface area contributed by atoms with Crippen molar-refractivity contribution in [3.05, 3.63) is 5.32 Å². The standard InChI is InChI=1S/C4H7NO.Y/c6-4-2-1-3-5-4;/h1-3H2,(H,5,6);/p-1. The van der Waals surface area contributed by atoms with Gasteiger partial charge < -0.3 is 10.1 Å². The molecule has 0 aromatic carbocycles. The second kappa shape index (κ2) is 3.56. The van der Waals surface area contributed by atoms with Gasteiger partial charge in [0.2, 0.25) is 0 Å². The van der Waals surface area contributed by atoms with Gasteiger partial charge in [-0.25, -0.2) is 0 Å². The molecule has 0 bridgehead atoms. The molecule has 1 aliphatic heterocycles. The van der Waals surface area contributed by atoms with Crippen LogP contribution in [0.4, 0.5) is 0 Å². The Kier molecular flexibility index (Phi) is 3.85. The zero-order valence-corrected chi connectivity index (χ0v) is 6.89. The van der Waals surface area contributed by atoms with Crippen molar-refractivity contribution in [3.8, 4) is 0 Å². The van der Waals surface area contributed by atoms with Gasteiger partial charge in [0.15, 0.2) is 0 Å². The van der Waals surface area contributed by atoms with Crippen LogP contribution in [0.5, 0.6) is 0 Å². The fourth-order valence-electron chi connectivity index (χ4n) is 0.513. The third-order valence-corrected chi connectivity index (χ3v) is 0.837. The Morgan fingerprint density at radius 2 is 2.29 bits per heavy atom. The Morgan fingerprint density at radius 3 is 2.43 bits per heavy atom. The molecule has 0 unspecified atom stereocenters. The third kappa shape index (κ3) is 2.40. The summed E-state index contributed by atoms with van der Waals surface area (Å²) in [5.74, 6) is 0.0787. The van der Waals surface area contributed by atoms with E-state index in [9.17, 15) is 4.79 Å². The molecule has 0 saturated carbocycles. The Bertz CT molecular complexity index is 66.1. The predicted molar refractivity (Wildman–Crippen MR) is 22.5 cm³/mol. The van der Waals surface area contributed by atoms with Crippen molar-refractivity contribution in [3.63, 3.8) is 0 Å². The molecule has 1 rings (SSSR count). The second-order valence-electron chi connectivity index (χ2n) is 1.38. The minimum absolute atomic E-state index is 0. The van der Waals surface area contributed by atoms with Crippen LogP contribution < -0.4 is 0 Å². The number of rotatable bonds is 0. The average molecular weight is 173 g/mol. The van der Waals surface area contributed by atoms with Gasteiger partial charge in [0, 0.05) is 32.7 Å². The Morgan fingerprint density at radius 1 is 1.57 bits per heavy atom. The molecule has 0 aromatic heterocycles. The summed E-state index contributed by atoms with van der Waals surface area (Å²) in [5, 5.41) is 3.60. The van der Waals surface area contributed by atoms with Crippen LogP contribution in [0, 0.1) is 0 Å². The molecule has 1 saturated heterocycles. The maximum atomic E-state index is 10.1. The molecule has 1 radical (unpaired) electrons. The Labute approximate surface area is 67.9 Å². The van der Waals surface area contributed by atoms with Gasteiger partial charge in [-0.1, -0.05) is 6.42 Å². The minimum atomic E-state index is 0. The van der Waals surface area contributed by atoms with Gasteiger partial charge in [0.1, 0.15) is 0 Å². The van der Waals surface area contributed by atoms with E-state index < -0.39 is 0 Å². The van der Waals surface area contributed by atoms with Crippen molar-refractivity contribution in [2.75, 3.05) is 6.54 Å². The van der Waals surface area contributed by atoms with Gasteiger partial charge in [-0.2, -0.15) is 0 Å². The molecule has 0 aliphatic carbocycles. The average Bonchev–Trinajstić information content (AvgIpc) is 1.86. The maximum Gasteiger partial charge on any atom is 0.0510 e. The molecular formula is C4H6NOY-. The van der Waals surface area contributed by atoms with Gasteiger partial charge in [-0.15, -0.1) is 6.54 Å². The van der Waals surface area contributed by atoms with Crippen LogP contribution in [0.2, 0.25) is 0 Å². The maximum absolute atomic E-state index is 10.1. The van der Waals surface area contributed by atoms with Crippen LogP contribution in [0.25, 0.3) is 5.32 Å². The molecule has 1 fully saturated rings. The van der Waals surface area contributed by atoms with Gasteiger partial charge in [0.05, 0.1) is 5.91 Å². The molecular weight excluding hydrogens is 167 g/mol. The van der Waals surface area contributed by atoms with E-state index in [1.54, 1.807) is 0 Å². The summed E-state index contributed by atoms with van der Waals surface area (Å²) in [6.45, 7) is 0.763. The number of carbonyl (C=O) groups excluding carboxylic acids is 1. The van der Waals surface area contributed by atoms with Gasteiger partial charge >= 0.3 is 0 Å². The molecule has 0 atom stereocenters. The van der Waals surface area contributed by atoms with Crippen molar-refractivity contribution in [1.29, 1.82) is 0 Å². The predicted octanol–water partition coefficient (Wildman–Crippen LogP) is 0.678. The summed E-state index contributed by atoms with van der Waals surface area (Å²) < 4.78 is 0. The van der Waals surface area contributed by atoms with Crippen LogP contribution in [-0.2, 0) is 37.5 Å². The summed E-state index contributed by atoms with van der Waals surface area (Å²) in [5.41, 5.74) is 0. The van der Waals surface area contributed by atoms with Gasteiger partial charge in [-0.3, -0.25) is 0 Å². The van der Waals surface area contributed by atoms with Crippen LogP contribution in [0.15, 0.2) is 0 Å². The summed E-state index contributed by atoms with van der Waals surface area (Å²) in [6, 6.07) is 0. The van der Waals surface area contributed by atoms with Crippen LogP contribution >= 0.6 is 0 Å². The topological polar surface area (TPSA) is 31.2 Å². The number of carbonyl (C=O) groups is 1. The molecule has 3 heteroatoms. The van der Waals surface area contributed by atoms with E-state index in [4.69, 9.17) is 0 Å². The molecule has 1 amide bonds. The first-order chi connectivity index (χ1) is 2.89. The number of nitrogens with zero attached hydrogens (tertiary/aromatic N) is 1. The smallest absolute Gasteiger partial charge is 0.0510 e. The van der Waals surface area contributed by atoms with Gasteiger partial charge in [-0.05, 0) is 6.42 Å². The first-order valence-electron chi connectivity index (χ1n) is 2.10. The molecule has 0 spiro atoms.